The molecule has 0 aliphatic carbocycles. The van der Waals surface area contributed by atoms with E-state index in [1.807, 2.05) is 0 Å². The average molecular weight is 379 g/mol. The Bertz CT molecular complexity index is 777. The number of nitrogens with one attached hydrogen (secondary N) is 1. The molecule has 2 saturated heterocycles. The summed E-state index contributed by atoms with van der Waals surface area (Å²) in [5.41, 5.74) is 3.68. The molecule has 2 amide bonds. The average Bonchev–Trinajstić information content (AvgIpc) is 3.15. The minimum absolute atomic E-state index is 0.00748. The Hall–Kier alpha value is -2.37. The van der Waals surface area contributed by atoms with Gasteiger partial charge in [0.25, 0.3) is 0 Å². The van der Waals surface area contributed by atoms with E-state index >= 15 is 0 Å². The van der Waals surface area contributed by atoms with Crippen molar-refractivity contribution in [1.82, 2.24) is 15.1 Å². The van der Waals surface area contributed by atoms with E-state index in [4.69, 9.17) is 0 Å². The van der Waals surface area contributed by atoms with Crippen LogP contribution in [-0.4, -0.2) is 55.1 Å². The SMILES string of the molecule is CN(Cc1ccccc1)C1CCCN(Cc2ccc(N3CCNC3=O)cc2)C1. The predicted molar refractivity (Wildman–Crippen MR) is 113 cm³/mol. The van der Waals surface area contributed by atoms with E-state index in [1.54, 1.807) is 4.90 Å². The van der Waals surface area contributed by atoms with Gasteiger partial charge < -0.3 is 5.32 Å². The number of anilines is 1. The van der Waals surface area contributed by atoms with Gasteiger partial charge in [0, 0.05) is 44.5 Å². The molecule has 0 radical (unpaired) electrons. The van der Waals surface area contributed by atoms with Gasteiger partial charge in [-0.1, -0.05) is 42.5 Å². The van der Waals surface area contributed by atoms with E-state index in [1.165, 1.54) is 24.0 Å². The highest BCUT2D eigenvalue weighted by molar-refractivity contribution is 5.93. The first kappa shape index (κ1) is 19.0. The molecule has 0 bridgehead atoms. The molecule has 0 spiro atoms. The first-order valence-electron chi connectivity index (χ1n) is 10.3. The van der Waals surface area contributed by atoms with Crippen molar-refractivity contribution >= 4 is 11.7 Å². The first-order valence-corrected chi connectivity index (χ1v) is 10.3. The van der Waals surface area contributed by atoms with Gasteiger partial charge in [-0.25, -0.2) is 4.79 Å². The van der Waals surface area contributed by atoms with Gasteiger partial charge in [0.1, 0.15) is 0 Å². The van der Waals surface area contributed by atoms with Crippen LogP contribution in [0.25, 0.3) is 0 Å². The zero-order chi connectivity index (χ0) is 19.3. The third kappa shape index (κ3) is 4.54. The van der Waals surface area contributed by atoms with Crippen molar-refractivity contribution in [3.8, 4) is 0 Å². The normalized spacial score (nSPS) is 20.6. The number of hydrogen-bond donors (Lipinski definition) is 1. The molecule has 2 fully saturated rings. The number of carbonyl (C=O) groups excluding carboxylic acids is 1. The molecule has 148 valence electrons. The summed E-state index contributed by atoms with van der Waals surface area (Å²) in [4.78, 5) is 18.7. The molecule has 2 aromatic carbocycles. The molecule has 4 rings (SSSR count). The lowest BCUT2D eigenvalue weighted by molar-refractivity contribution is 0.107. The van der Waals surface area contributed by atoms with Crippen LogP contribution in [0, 0.1) is 0 Å². The molecule has 2 aromatic rings. The second-order valence-electron chi connectivity index (χ2n) is 7.98. The van der Waals surface area contributed by atoms with Crippen molar-refractivity contribution in [3.63, 3.8) is 0 Å². The van der Waals surface area contributed by atoms with Gasteiger partial charge in [-0.15, -0.1) is 0 Å². The molecule has 2 heterocycles. The number of likely N-dealkylation sites (N-methyl/N-ethyl adjacent to an activating group) is 1. The van der Waals surface area contributed by atoms with Gasteiger partial charge in [-0.2, -0.15) is 0 Å². The molecular weight excluding hydrogens is 348 g/mol. The topological polar surface area (TPSA) is 38.8 Å². The molecule has 1 atom stereocenters. The van der Waals surface area contributed by atoms with Crippen LogP contribution < -0.4 is 10.2 Å². The van der Waals surface area contributed by atoms with E-state index < -0.39 is 0 Å². The summed E-state index contributed by atoms with van der Waals surface area (Å²) in [6.45, 7) is 5.73. The second kappa shape index (κ2) is 8.76. The highest BCUT2D eigenvalue weighted by Crippen LogP contribution is 2.21. The number of piperidine rings is 1. The molecule has 5 heteroatoms. The highest BCUT2D eigenvalue weighted by atomic mass is 16.2. The zero-order valence-electron chi connectivity index (χ0n) is 16.7. The van der Waals surface area contributed by atoms with E-state index in [0.717, 1.165) is 45.0 Å². The fraction of sp³-hybridized carbons (Fsp3) is 0.435. The fourth-order valence-corrected chi connectivity index (χ4v) is 4.29. The largest absolute Gasteiger partial charge is 0.336 e. The van der Waals surface area contributed by atoms with Crippen LogP contribution in [0.3, 0.4) is 0 Å². The van der Waals surface area contributed by atoms with Crippen molar-refractivity contribution < 1.29 is 4.79 Å². The number of benzene rings is 2. The summed E-state index contributed by atoms with van der Waals surface area (Å²) in [6.07, 6.45) is 2.51. The van der Waals surface area contributed by atoms with Gasteiger partial charge in [0.15, 0.2) is 0 Å². The summed E-state index contributed by atoms with van der Waals surface area (Å²) < 4.78 is 0. The third-order valence-corrected chi connectivity index (χ3v) is 5.89. The molecule has 0 aromatic heterocycles. The standard InChI is InChI=1S/C23H30N4O/c1-25(16-19-6-3-2-4-7-19)22-8-5-14-26(18-22)17-20-9-11-21(12-10-20)27-15-13-24-23(27)28/h2-4,6-7,9-12,22H,5,8,13-18H2,1H3,(H,24,28). The Kier molecular flexibility index (Phi) is 5.93. The summed E-state index contributed by atoms with van der Waals surface area (Å²) in [5, 5.41) is 2.86. The summed E-state index contributed by atoms with van der Waals surface area (Å²) >= 11 is 0. The van der Waals surface area contributed by atoms with Crippen LogP contribution in [0.1, 0.15) is 24.0 Å². The van der Waals surface area contributed by atoms with Crippen molar-refractivity contribution in [2.24, 2.45) is 0 Å². The first-order chi connectivity index (χ1) is 13.7. The number of carbonyl (C=O) groups is 1. The van der Waals surface area contributed by atoms with Crippen molar-refractivity contribution in [2.75, 3.05) is 38.1 Å². The smallest absolute Gasteiger partial charge is 0.321 e. The lowest BCUT2D eigenvalue weighted by Crippen LogP contribution is -2.45. The molecule has 28 heavy (non-hydrogen) atoms. The molecule has 0 saturated carbocycles. The van der Waals surface area contributed by atoms with Crippen LogP contribution in [0.2, 0.25) is 0 Å². The summed E-state index contributed by atoms with van der Waals surface area (Å²) in [7, 11) is 2.25. The molecular formula is C23H30N4O. The fourth-order valence-electron chi connectivity index (χ4n) is 4.29. The van der Waals surface area contributed by atoms with E-state index in [2.05, 4.69) is 76.8 Å². The maximum absolute atomic E-state index is 11.8. The van der Waals surface area contributed by atoms with E-state index in [0.29, 0.717) is 6.04 Å². The molecule has 2 aliphatic rings. The van der Waals surface area contributed by atoms with Crippen LogP contribution in [0.5, 0.6) is 0 Å². The number of likely N-dealkylation sites (tertiary alicyclic amines) is 1. The van der Waals surface area contributed by atoms with Gasteiger partial charge in [0.05, 0.1) is 0 Å². The summed E-state index contributed by atoms with van der Waals surface area (Å²) in [6, 6.07) is 19.8. The van der Waals surface area contributed by atoms with Crippen LogP contribution >= 0.6 is 0 Å². The van der Waals surface area contributed by atoms with Gasteiger partial charge in [0.2, 0.25) is 0 Å². The summed E-state index contributed by atoms with van der Waals surface area (Å²) in [5.74, 6) is 0. The maximum Gasteiger partial charge on any atom is 0.321 e. The molecule has 2 aliphatic heterocycles. The number of nitrogens with zero attached hydrogens (tertiary/aromatic N) is 3. The van der Waals surface area contributed by atoms with Gasteiger partial charge in [-0.05, 0) is 49.7 Å². The van der Waals surface area contributed by atoms with Crippen LogP contribution in [0.15, 0.2) is 54.6 Å². The number of rotatable bonds is 6. The maximum atomic E-state index is 11.8. The Morgan fingerprint density at radius 1 is 1.04 bits per heavy atom. The van der Waals surface area contributed by atoms with Gasteiger partial charge in [-0.3, -0.25) is 14.7 Å². The predicted octanol–water partition coefficient (Wildman–Crippen LogP) is 3.31. The Balaban J connectivity index is 1.32. The zero-order valence-corrected chi connectivity index (χ0v) is 16.7. The molecule has 1 N–H and O–H groups in total. The van der Waals surface area contributed by atoms with E-state index in [9.17, 15) is 4.79 Å². The lowest BCUT2D eigenvalue weighted by atomic mass is 10.0. The molecule has 1 unspecified atom stereocenters. The Morgan fingerprint density at radius 2 is 1.82 bits per heavy atom. The third-order valence-electron chi connectivity index (χ3n) is 5.89. The second-order valence-corrected chi connectivity index (χ2v) is 7.98. The Labute approximate surface area is 167 Å². The Morgan fingerprint density at radius 3 is 2.54 bits per heavy atom. The monoisotopic (exact) mass is 378 g/mol. The quantitative estimate of drug-likeness (QED) is 0.838. The minimum Gasteiger partial charge on any atom is -0.336 e. The van der Waals surface area contributed by atoms with Crippen molar-refractivity contribution in [1.29, 1.82) is 0 Å². The molecule has 5 nitrogen and oxygen atoms in total. The minimum atomic E-state index is 0.00748. The van der Waals surface area contributed by atoms with Crippen LogP contribution in [-0.2, 0) is 13.1 Å². The van der Waals surface area contributed by atoms with Crippen molar-refractivity contribution in [2.45, 2.75) is 32.0 Å². The number of urea groups is 1. The van der Waals surface area contributed by atoms with Gasteiger partial charge >= 0.3 is 6.03 Å². The highest BCUT2D eigenvalue weighted by Gasteiger charge is 2.24. The lowest BCUT2D eigenvalue weighted by Gasteiger charge is -2.37. The van der Waals surface area contributed by atoms with Crippen molar-refractivity contribution in [3.05, 3.63) is 65.7 Å². The number of amides is 2. The number of hydrogen-bond acceptors (Lipinski definition) is 3. The van der Waals surface area contributed by atoms with E-state index in [-0.39, 0.29) is 6.03 Å². The van der Waals surface area contributed by atoms with Crippen LogP contribution in [0.4, 0.5) is 10.5 Å².